The Labute approximate surface area is 44.5 Å². The second-order valence-electron chi connectivity index (χ2n) is 1.86. The smallest absolute Gasteiger partial charge is 0.00618 e. The topological polar surface area (TPSA) is 0 Å². The number of rotatable bonds is 2. The first-order chi connectivity index (χ1) is 3.38. The van der Waals surface area contributed by atoms with Crippen LogP contribution < -0.4 is 0 Å². The van der Waals surface area contributed by atoms with Crippen LogP contribution in [0.25, 0.3) is 0 Å². The lowest BCUT2D eigenvalue weighted by atomic mass is 10.4. The summed E-state index contributed by atoms with van der Waals surface area (Å²) in [6.45, 7) is 5.85. The largest absolute Gasteiger partial charge is 0.0988 e. The molecule has 0 heteroatoms. The lowest BCUT2D eigenvalue weighted by molar-refractivity contribution is 1.15. The summed E-state index contributed by atoms with van der Waals surface area (Å²) >= 11 is 0. The van der Waals surface area contributed by atoms with Gasteiger partial charge in [-0.25, -0.2) is 0 Å². The van der Waals surface area contributed by atoms with Gasteiger partial charge < -0.3 is 0 Å². The van der Waals surface area contributed by atoms with Crippen LogP contribution in [0.3, 0.4) is 0 Å². The zero-order valence-electron chi connectivity index (χ0n) is 4.70. The highest BCUT2D eigenvalue weighted by molar-refractivity contribution is 5.42. The minimum atomic E-state index is 1.22. The van der Waals surface area contributed by atoms with E-state index in [4.69, 9.17) is 0 Å². The molecule has 0 saturated heterocycles. The number of hydrogen-bond donors (Lipinski definition) is 0. The van der Waals surface area contributed by atoms with Crippen molar-refractivity contribution in [3.8, 4) is 0 Å². The molecule has 0 amide bonds. The Balaban J connectivity index is 2.46. The van der Waals surface area contributed by atoms with Crippen molar-refractivity contribution in [2.75, 3.05) is 0 Å². The minimum absolute atomic E-state index is 1.22. The molecule has 0 fully saturated rings. The van der Waals surface area contributed by atoms with Gasteiger partial charge in [-0.3, -0.25) is 0 Å². The van der Waals surface area contributed by atoms with Gasteiger partial charge in [0.1, 0.15) is 0 Å². The summed E-state index contributed by atoms with van der Waals surface area (Å²) in [5.41, 5.74) is 3.07. The van der Waals surface area contributed by atoms with Gasteiger partial charge in [-0.1, -0.05) is 25.2 Å². The van der Waals surface area contributed by atoms with Gasteiger partial charge in [-0.2, -0.15) is 0 Å². The van der Waals surface area contributed by atoms with E-state index in [0.717, 1.165) is 0 Å². The number of hydrogen-bond acceptors (Lipinski definition) is 0. The van der Waals surface area contributed by atoms with Crippen LogP contribution in [0, 0.1) is 0 Å². The van der Waals surface area contributed by atoms with E-state index in [0.29, 0.717) is 0 Å². The standard InChI is InChI=1S/C7H10/c1-3-6-5-7(6)4-2/h3H,1,4-5H2,2H3. The van der Waals surface area contributed by atoms with Crippen LogP contribution >= 0.6 is 0 Å². The van der Waals surface area contributed by atoms with Crippen molar-refractivity contribution in [1.82, 2.24) is 0 Å². The molecule has 0 atom stereocenters. The third-order valence-corrected chi connectivity index (χ3v) is 1.41. The molecule has 1 aliphatic rings. The molecule has 0 saturated carbocycles. The van der Waals surface area contributed by atoms with E-state index >= 15 is 0 Å². The molecular formula is C7H10. The van der Waals surface area contributed by atoms with E-state index in [1.54, 1.807) is 5.57 Å². The van der Waals surface area contributed by atoms with E-state index in [1.165, 1.54) is 18.4 Å². The summed E-state index contributed by atoms with van der Waals surface area (Å²) in [6.07, 6.45) is 4.42. The van der Waals surface area contributed by atoms with Crippen LogP contribution in [0.4, 0.5) is 0 Å². The molecule has 1 rings (SSSR count). The maximum absolute atomic E-state index is 3.66. The SMILES string of the molecule is C=CC1=C(CC)C1. The van der Waals surface area contributed by atoms with Crippen molar-refractivity contribution < 1.29 is 0 Å². The predicted octanol–water partition coefficient (Wildman–Crippen LogP) is 2.28. The Kier molecular flexibility index (Phi) is 1.01. The third kappa shape index (κ3) is 0.738. The van der Waals surface area contributed by atoms with Gasteiger partial charge >= 0.3 is 0 Å². The molecule has 0 aromatic rings. The fourth-order valence-electron chi connectivity index (χ4n) is 0.754. The molecule has 1 aliphatic carbocycles. The van der Waals surface area contributed by atoms with Crippen LogP contribution in [-0.4, -0.2) is 0 Å². The molecular weight excluding hydrogens is 84.1 g/mol. The predicted molar refractivity (Wildman–Crippen MR) is 32.1 cm³/mol. The summed E-state index contributed by atoms with van der Waals surface area (Å²) in [4.78, 5) is 0. The summed E-state index contributed by atoms with van der Waals surface area (Å²) in [6, 6.07) is 0. The highest BCUT2D eigenvalue weighted by Crippen LogP contribution is 2.33. The second-order valence-corrected chi connectivity index (χ2v) is 1.86. The van der Waals surface area contributed by atoms with E-state index in [2.05, 4.69) is 13.5 Å². The molecule has 7 heavy (non-hydrogen) atoms. The monoisotopic (exact) mass is 94.1 g/mol. The van der Waals surface area contributed by atoms with E-state index in [-0.39, 0.29) is 0 Å². The normalized spacial score (nSPS) is 17.3. The Bertz CT molecular complexity index is 118. The summed E-state index contributed by atoms with van der Waals surface area (Å²) in [5, 5.41) is 0. The Hall–Kier alpha value is -0.520. The molecule has 0 aliphatic heterocycles. The van der Waals surface area contributed by atoms with Gasteiger partial charge in [-0.15, -0.1) is 0 Å². The average Bonchev–Trinajstić information content (AvgIpc) is 2.43. The maximum atomic E-state index is 3.66. The molecule has 0 heterocycles. The zero-order chi connectivity index (χ0) is 5.28. The summed E-state index contributed by atoms with van der Waals surface area (Å²) in [5.74, 6) is 0. The van der Waals surface area contributed by atoms with Gasteiger partial charge in [0.25, 0.3) is 0 Å². The molecule has 0 aromatic carbocycles. The molecule has 0 unspecified atom stereocenters. The molecule has 0 spiro atoms. The molecule has 38 valence electrons. The Morgan fingerprint density at radius 3 is 2.71 bits per heavy atom. The summed E-state index contributed by atoms with van der Waals surface area (Å²) < 4.78 is 0. The number of allylic oxidation sites excluding steroid dienone is 3. The zero-order valence-corrected chi connectivity index (χ0v) is 4.70. The first-order valence-corrected chi connectivity index (χ1v) is 2.71. The van der Waals surface area contributed by atoms with Gasteiger partial charge in [0.15, 0.2) is 0 Å². The van der Waals surface area contributed by atoms with Crippen LogP contribution in [0.2, 0.25) is 0 Å². The summed E-state index contributed by atoms with van der Waals surface area (Å²) in [7, 11) is 0. The third-order valence-electron chi connectivity index (χ3n) is 1.41. The highest BCUT2D eigenvalue weighted by Gasteiger charge is 2.14. The van der Waals surface area contributed by atoms with Crippen molar-refractivity contribution in [3.63, 3.8) is 0 Å². The van der Waals surface area contributed by atoms with Gasteiger partial charge in [-0.05, 0) is 18.4 Å². The lowest BCUT2D eigenvalue weighted by Gasteiger charge is -1.68. The van der Waals surface area contributed by atoms with Crippen molar-refractivity contribution in [2.24, 2.45) is 0 Å². The van der Waals surface area contributed by atoms with Gasteiger partial charge in [0.05, 0.1) is 0 Å². The second kappa shape index (κ2) is 1.53. The molecule has 0 radical (unpaired) electrons. The fourth-order valence-corrected chi connectivity index (χ4v) is 0.754. The van der Waals surface area contributed by atoms with Crippen LogP contribution in [0.15, 0.2) is 23.8 Å². The van der Waals surface area contributed by atoms with Crippen LogP contribution in [0.1, 0.15) is 19.8 Å². The van der Waals surface area contributed by atoms with E-state index in [9.17, 15) is 0 Å². The van der Waals surface area contributed by atoms with Crippen molar-refractivity contribution in [3.05, 3.63) is 23.8 Å². The van der Waals surface area contributed by atoms with E-state index in [1.807, 2.05) is 6.08 Å². The molecule has 0 nitrogen and oxygen atoms in total. The minimum Gasteiger partial charge on any atom is -0.0988 e. The van der Waals surface area contributed by atoms with Crippen molar-refractivity contribution in [2.45, 2.75) is 19.8 Å². The quantitative estimate of drug-likeness (QED) is 0.492. The Morgan fingerprint density at radius 2 is 2.57 bits per heavy atom. The molecule has 0 aromatic heterocycles. The first kappa shape index (κ1) is 4.63. The van der Waals surface area contributed by atoms with Gasteiger partial charge in [0.2, 0.25) is 0 Å². The maximum Gasteiger partial charge on any atom is -0.00618 e. The fraction of sp³-hybridized carbons (Fsp3) is 0.429. The molecule has 0 N–H and O–H groups in total. The van der Waals surface area contributed by atoms with E-state index < -0.39 is 0 Å². The van der Waals surface area contributed by atoms with Crippen molar-refractivity contribution >= 4 is 0 Å². The first-order valence-electron chi connectivity index (χ1n) is 2.71. The highest BCUT2D eigenvalue weighted by atomic mass is 14.2. The van der Waals surface area contributed by atoms with Crippen LogP contribution in [-0.2, 0) is 0 Å². The molecule has 0 bridgehead atoms. The van der Waals surface area contributed by atoms with Crippen molar-refractivity contribution in [1.29, 1.82) is 0 Å². The van der Waals surface area contributed by atoms with Crippen LogP contribution in [0.5, 0.6) is 0 Å². The lowest BCUT2D eigenvalue weighted by Crippen LogP contribution is -1.48. The Morgan fingerprint density at radius 1 is 1.86 bits per heavy atom. The van der Waals surface area contributed by atoms with Gasteiger partial charge in [0, 0.05) is 0 Å². The average molecular weight is 94.2 g/mol.